The molecule has 1 aliphatic rings. The molecule has 0 aliphatic heterocycles. The van der Waals surface area contributed by atoms with Crippen LogP contribution in [0.4, 0.5) is 5.69 Å². The van der Waals surface area contributed by atoms with Crippen molar-refractivity contribution in [3.8, 4) is 0 Å². The highest BCUT2D eigenvalue weighted by molar-refractivity contribution is 9.10. The van der Waals surface area contributed by atoms with Gasteiger partial charge in [0.25, 0.3) is 5.91 Å². The van der Waals surface area contributed by atoms with Gasteiger partial charge in [-0.2, -0.15) is 0 Å². The maximum Gasteiger partial charge on any atom is 0.309 e. The lowest BCUT2D eigenvalue weighted by Crippen LogP contribution is -2.21. The van der Waals surface area contributed by atoms with E-state index >= 15 is 0 Å². The van der Waals surface area contributed by atoms with Crippen molar-refractivity contribution in [1.82, 2.24) is 0 Å². The average Bonchev–Trinajstić information content (AvgIpc) is 3.15. The molecule has 1 fully saturated rings. The Morgan fingerprint density at radius 1 is 1.44 bits per heavy atom. The molecule has 5 heteroatoms. The summed E-state index contributed by atoms with van der Waals surface area (Å²) < 4.78 is 5.88. The molecule has 1 saturated carbocycles. The maximum absolute atomic E-state index is 11.6. The summed E-state index contributed by atoms with van der Waals surface area (Å²) >= 11 is 3.39. The number of benzene rings is 1. The highest BCUT2D eigenvalue weighted by Crippen LogP contribution is 2.30. The quantitative estimate of drug-likeness (QED) is 0.870. The van der Waals surface area contributed by atoms with Crippen molar-refractivity contribution < 1.29 is 14.3 Å². The number of rotatable bonds is 4. The minimum Gasteiger partial charge on any atom is -0.455 e. The van der Waals surface area contributed by atoms with E-state index in [1.165, 1.54) is 0 Å². The molecule has 96 valence electrons. The smallest absolute Gasteiger partial charge is 0.309 e. The fourth-order valence-electron chi connectivity index (χ4n) is 1.49. The van der Waals surface area contributed by atoms with Gasteiger partial charge in [-0.25, -0.2) is 0 Å². The van der Waals surface area contributed by atoms with E-state index in [-0.39, 0.29) is 24.4 Å². The van der Waals surface area contributed by atoms with Gasteiger partial charge in [-0.05, 0) is 43.5 Å². The van der Waals surface area contributed by atoms with Gasteiger partial charge in [0.1, 0.15) is 0 Å². The molecule has 2 rings (SSSR count). The molecule has 0 bridgehead atoms. The van der Waals surface area contributed by atoms with E-state index in [9.17, 15) is 9.59 Å². The maximum atomic E-state index is 11.6. The van der Waals surface area contributed by atoms with E-state index in [0.29, 0.717) is 5.69 Å². The molecular formula is C13H14BrNO3. The second-order valence-electron chi connectivity index (χ2n) is 4.39. The van der Waals surface area contributed by atoms with Crippen LogP contribution in [0.1, 0.15) is 18.4 Å². The zero-order chi connectivity index (χ0) is 13.1. The first-order chi connectivity index (χ1) is 8.56. The van der Waals surface area contributed by atoms with E-state index < -0.39 is 0 Å². The number of ether oxygens (including phenoxy) is 1. The Kier molecular flexibility index (Phi) is 4.01. The summed E-state index contributed by atoms with van der Waals surface area (Å²) in [7, 11) is 0. The van der Waals surface area contributed by atoms with Gasteiger partial charge in [0.15, 0.2) is 6.61 Å². The number of nitrogens with one attached hydrogen (secondary N) is 1. The Bertz CT molecular complexity index is 483. The number of anilines is 1. The van der Waals surface area contributed by atoms with Crippen LogP contribution in [0, 0.1) is 12.8 Å². The monoisotopic (exact) mass is 311 g/mol. The summed E-state index contributed by atoms with van der Waals surface area (Å²) in [6.45, 7) is 1.72. The molecule has 0 aromatic heterocycles. The molecule has 0 heterocycles. The Balaban J connectivity index is 1.82. The summed E-state index contributed by atoms with van der Waals surface area (Å²) in [5, 5.41) is 2.69. The molecule has 1 amide bonds. The minimum absolute atomic E-state index is 0.0210. The first kappa shape index (κ1) is 13.1. The fraction of sp³-hybridized carbons (Fsp3) is 0.385. The van der Waals surface area contributed by atoms with E-state index in [2.05, 4.69) is 21.2 Å². The Morgan fingerprint density at radius 2 is 2.17 bits per heavy atom. The summed E-state index contributed by atoms with van der Waals surface area (Å²) in [6, 6.07) is 5.50. The summed E-state index contributed by atoms with van der Waals surface area (Å²) in [6.07, 6.45) is 1.76. The van der Waals surface area contributed by atoms with Gasteiger partial charge < -0.3 is 10.1 Å². The zero-order valence-corrected chi connectivity index (χ0v) is 11.6. The van der Waals surface area contributed by atoms with Gasteiger partial charge in [0, 0.05) is 10.2 Å². The lowest BCUT2D eigenvalue weighted by atomic mass is 10.2. The van der Waals surface area contributed by atoms with E-state index in [4.69, 9.17) is 4.74 Å². The predicted octanol–water partition coefficient (Wildman–Crippen LogP) is 2.65. The van der Waals surface area contributed by atoms with Gasteiger partial charge in [0.2, 0.25) is 0 Å². The van der Waals surface area contributed by atoms with Crippen LogP contribution in [0.3, 0.4) is 0 Å². The lowest BCUT2D eigenvalue weighted by Gasteiger charge is -2.07. The van der Waals surface area contributed by atoms with E-state index in [0.717, 1.165) is 22.9 Å². The second kappa shape index (κ2) is 5.52. The number of halogens is 1. The number of carbonyl (C=O) groups excluding carboxylic acids is 2. The summed E-state index contributed by atoms with van der Waals surface area (Å²) in [4.78, 5) is 22.8. The van der Waals surface area contributed by atoms with Crippen LogP contribution < -0.4 is 5.32 Å². The van der Waals surface area contributed by atoms with Gasteiger partial charge in [-0.15, -0.1) is 0 Å². The van der Waals surface area contributed by atoms with Crippen LogP contribution >= 0.6 is 15.9 Å². The van der Waals surface area contributed by atoms with Crippen LogP contribution in [0.5, 0.6) is 0 Å². The SMILES string of the molecule is Cc1cc(NC(=O)COC(=O)C2CC2)ccc1Br. The van der Waals surface area contributed by atoms with Crippen LogP contribution in [0.15, 0.2) is 22.7 Å². The number of amides is 1. The Hall–Kier alpha value is -1.36. The van der Waals surface area contributed by atoms with Crippen molar-refractivity contribution in [2.24, 2.45) is 5.92 Å². The molecule has 1 aromatic carbocycles. The molecule has 0 unspecified atom stereocenters. The highest BCUT2D eigenvalue weighted by atomic mass is 79.9. The van der Waals surface area contributed by atoms with Crippen LogP contribution in [-0.4, -0.2) is 18.5 Å². The highest BCUT2D eigenvalue weighted by Gasteiger charge is 2.31. The minimum atomic E-state index is -0.314. The van der Waals surface area contributed by atoms with Gasteiger partial charge in [-0.3, -0.25) is 9.59 Å². The van der Waals surface area contributed by atoms with Gasteiger partial charge >= 0.3 is 5.97 Å². The van der Waals surface area contributed by atoms with Crippen molar-refractivity contribution >= 4 is 33.5 Å². The largest absolute Gasteiger partial charge is 0.455 e. The average molecular weight is 312 g/mol. The third-order valence-corrected chi connectivity index (χ3v) is 3.59. The number of hydrogen-bond donors (Lipinski definition) is 1. The molecule has 4 nitrogen and oxygen atoms in total. The molecule has 0 saturated heterocycles. The van der Waals surface area contributed by atoms with Crippen LogP contribution in [0.2, 0.25) is 0 Å². The van der Waals surface area contributed by atoms with Crippen molar-refractivity contribution in [2.45, 2.75) is 19.8 Å². The molecule has 0 spiro atoms. The van der Waals surface area contributed by atoms with E-state index in [1.54, 1.807) is 6.07 Å². The normalized spacial score (nSPS) is 14.1. The second-order valence-corrected chi connectivity index (χ2v) is 5.25. The number of hydrogen-bond acceptors (Lipinski definition) is 3. The van der Waals surface area contributed by atoms with Crippen molar-refractivity contribution in [3.63, 3.8) is 0 Å². The molecule has 0 radical (unpaired) electrons. The lowest BCUT2D eigenvalue weighted by molar-refractivity contribution is -0.148. The van der Waals surface area contributed by atoms with Gasteiger partial charge in [0.05, 0.1) is 5.92 Å². The molecule has 1 aliphatic carbocycles. The molecule has 1 aromatic rings. The third-order valence-electron chi connectivity index (χ3n) is 2.70. The number of esters is 1. The molecule has 18 heavy (non-hydrogen) atoms. The van der Waals surface area contributed by atoms with Crippen LogP contribution in [0.25, 0.3) is 0 Å². The number of aryl methyl sites for hydroxylation is 1. The summed E-state index contributed by atoms with van der Waals surface area (Å²) in [5.41, 5.74) is 1.73. The first-order valence-electron chi connectivity index (χ1n) is 5.79. The van der Waals surface area contributed by atoms with Gasteiger partial charge in [-0.1, -0.05) is 15.9 Å². The van der Waals surface area contributed by atoms with Crippen molar-refractivity contribution in [3.05, 3.63) is 28.2 Å². The van der Waals surface area contributed by atoms with Crippen LogP contribution in [-0.2, 0) is 14.3 Å². The topological polar surface area (TPSA) is 55.4 Å². The molecular weight excluding hydrogens is 298 g/mol. The summed E-state index contributed by atoms with van der Waals surface area (Å²) in [5.74, 6) is -0.560. The molecule has 0 atom stereocenters. The predicted molar refractivity (Wildman–Crippen MR) is 71.2 cm³/mol. The standard InChI is InChI=1S/C13H14BrNO3/c1-8-6-10(4-5-11(8)14)15-12(16)7-18-13(17)9-2-3-9/h4-6,9H,2-3,7H2,1H3,(H,15,16). The fourth-order valence-corrected chi connectivity index (χ4v) is 1.74. The Labute approximate surface area is 114 Å². The number of carbonyl (C=O) groups is 2. The molecule has 1 N–H and O–H groups in total. The zero-order valence-electron chi connectivity index (χ0n) is 10.0. The van der Waals surface area contributed by atoms with Crippen molar-refractivity contribution in [2.75, 3.05) is 11.9 Å². The first-order valence-corrected chi connectivity index (χ1v) is 6.58. The Morgan fingerprint density at radius 3 is 2.78 bits per heavy atom. The van der Waals surface area contributed by atoms with Crippen molar-refractivity contribution in [1.29, 1.82) is 0 Å². The third kappa shape index (κ3) is 3.57. The van der Waals surface area contributed by atoms with E-state index in [1.807, 2.05) is 19.1 Å².